The molecule has 0 aliphatic heterocycles. The molecule has 1 aromatic carbocycles. The Hall–Kier alpha value is -2.44. The van der Waals surface area contributed by atoms with Gasteiger partial charge in [0.2, 0.25) is 0 Å². The van der Waals surface area contributed by atoms with Crippen LogP contribution in [-0.2, 0) is 0 Å². The predicted molar refractivity (Wildman–Crippen MR) is 88.0 cm³/mol. The van der Waals surface area contributed by atoms with Gasteiger partial charge in [0.25, 0.3) is 0 Å². The zero-order valence-corrected chi connectivity index (χ0v) is 13.7. The highest BCUT2D eigenvalue weighted by Crippen LogP contribution is 2.36. The van der Waals surface area contributed by atoms with E-state index in [1.807, 2.05) is 35.9 Å². The fourth-order valence-electron chi connectivity index (χ4n) is 2.19. The summed E-state index contributed by atoms with van der Waals surface area (Å²) < 4.78 is 1.87. The van der Waals surface area contributed by atoms with Crippen LogP contribution >= 0.6 is 0 Å². The third-order valence-corrected chi connectivity index (χ3v) is 4.15. The fraction of sp³-hybridized carbons (Fsp3) is 0.500. The minimum absolute atomic E-state index is 0.123. The molecular formula is C16H22N6O. The molecule has 2 amide bonds. The number of nitrogens with zero attached hydrogens (tertiary/aromatic N) is 4. The summed E-state index contributed by atoms with van der Waals surface area (Å²) in [5, 5.41) is 17.7. The van der Waals surface area contributed by atoms with Crippen molar-refractivity contribution in [3.8, 4) is 11.4 Å². The van der Waals surface area contributed by atoms with Crippen LogP contribution in [0.15, 0.2) is 24.3 Å². The molecule has 0 unspecified atom stereocenters. The molecule has 1 atom stereocenters. The highest BCUT2D eigenvalue weighted by atomic mass is 16.2. The third-order valence-electron chi connectivity index (χ3n) is 4.15. The number of hydrogen-bond acceptors (Lipinski definition) is 4. The van der Waals surface area contributed by atoms with Crippen molar-refractivity contribution in [3.63, 3.8) is 0 Å². The first-order chi connectivity index (χ1) is 11.0. The van der Waals surface area contributed by atoms with Crippen molar-refractivity contribution in [1.29, 1.82) is 0 Å². The third kappa shape index (κ3) is 3.67. The quantitative estimate of drug-likeness (QED) is 0.888. The molecule has 7 heteroatoms. The van der Waals surface area contributed by atoms with Gasteiger partial charge < -0.3 is 10.6 Å². The lowest BCUT2D eigenvalue weighted by atomic mass is 10.1. The molecule has 0 spiro atoms. The van der Waals surface area contributed by atoms with E-state index in [1.165, 1.54) is 0 Å². The van der Waals surface area contributed by atoms with Crippen LogP contribution in [0.4, 0.5) is 10.5 Å². The number of tetrazole rings is 1. The van der Waals surface area contributed by atoms with E-state index in [4.69, 9.17) is 0 Å². The molecule has 7 nitrogen and oxygen atoms in total. The van der Waals surface area contributed by atoms with Crippen LogP contribution in [0.5, 0.6) is 0 Å². The normalized spacial score (nSPS) is 15.5. The molecule has 122 valence electrons. The predicted octanol–water partition coefficient (Wildman–Crippen LogP) is 2.84. The molecule has 23 heavy (non-hydrogen) atoms. The van der Waals surface area contributed by atoms with Gasteiger partial charge in [0, 0.05) is 17.3 Å². The van der Waals surface area contributed by atoms with E-state index in [0.29, 0.717) is 12.0 Å². The highest BCUT2D eigenvalue weighted by molar-refractivity contribution is 5.89. The average molecular weight is 314 g/mol. The van der Waals surface area contributed by atoms with Crippen LogP contribution in [0.2, 0.25) is 0 Å². The van der Waals surface area contributed by atoms with Crippen molar-refractivity contribution in [3.05, 3.63) is 24.3 Å². The van der Waals surface area contributed by atoms with Gasteiger partial charge in [0.1, 0.15) is 0 Å². The molecule has 1 saturated carbocycles. The Balaban J connectivity index is 1.65. The molecule has 0 saturated heterocycles. The Morgan fingerprint density at radius 2 is 1.91 bits per heavy atom. The molecule has 0 bridgehead atoms. The summed E-state index contributed by atoms with van der Waals surface area (Å²) in [4.78, 5) is 11.9. The zero-order valence-electron chi connectivity index (χ0n) is 13.7. The second-order valence-electron chi connectivity index (χ2n) is 6.39. The van der Waals surface area contributed by atoms with E-state index in [9.17, 15) is 4.79 Å². The van der Waals surface area contributed by atoms with E-state index in [-0.39, 0.29) is 12.1 Å². The van der Waals surface area contributed by atoms with Gasteiger partial charge in [-0.15, -0.1) is 5.10 Å². The van der Waals surface area contributed by atoms with Crippen LogP contribution in [0, 0.1) is 5.92 Å². The smallest absolute Gasteiger partial charge is 0.319 e. The zero-order chi connectivity index (χ0) is 16.4. The SMILES string of the molecule is CC(C)[C@H](C)NC(=O)Nc1ccc(-c2nnnn2C2CC2)cc1. The lowest BCUT2D eigenvalue weighted by Crippen LogP contribution is -2.38. The summed E-state index contributed by atoms with van der Waals surface area (Å²) in [6.07, 6.45) is 2.26. The number of aromatic nitrogens is 4. The molecular weight excluding hydrogens is 292 g/mol. The number of anilines is 1. The van der Waals surface area contributed by atoms with Gasteiger partial charge in [-0.1, -0.05) is 13.8 Å². The summed E-state index contributed by atoms with van der Waals surface area (Å²) in [5.74, 6) is 1.17. The maximum Gasteiger partial charge on any atom is 0.319 e. The summed E-state index contributed by atoms with van der Waals surface area (Å²) in [5.41, 5.74) is 1.69. The Kier molecular flexibility index (Phi) is 4.27. The number of nitrogens with one attached hydrogen (secondary N) is 2. The van der Waals surface area contributed by atoms with Crippen LogP contribution in [-0.4, -0.2) is 32.3 Å². The minimum Gasteiger partial charge on any atom is -0.335 e. The van der Waals surface area contributed by atoms with Gasteiger partial charge in [0.15, 0.2) is 5.82 Å². The second kappa shape index (κ2) is 6.36. The number of rotatable bonds is 5. The van der Waals surface area contributed by atoms with Gasteiger partial charge in [-0.3, -0.25) is 0 Å². The molecule has 1 fully saturated rings. The molecule has 1 aromatic heterocycles. The lowest BCUT2D eigenvalue weighted by molar-refractivity contribution is 0.246. The van der Waals surface area contributed by atoms with Crippen LogP contribution < -0.4 is 10.6 Å². The standard InChI is InChI=1S/C16H22N6O/c1-10(2)11(3)17-16(23)18-13-6-4-12(5-7-13)15-19-20-21-22(15)14-8-9-14/h4-7,10-11,14H,8-9H2,1-3H3,(H2,17,18,23)/t11-/m0/s1. The maximum absolute atomic E-state index is 11.9. The van der Waals surface area contributed by atoms with Gasteiger partial charge in [0.05, 0.1) is 6.04 Å². The second-order valence-corrected chi connectivity index (χ2v) is 6.39. The van der Waals surface area contributed by atoms with Crippen molar-refractivity contribution < 1.29 is 4.79 Å². The van der Waals surface area contributed by atoms with E-state index >= 15 is 0 Å². The topological polar surface area (TPSA) is 84.7 Å². The van der Waals surface area contributed by atoms with E-state index in [2.05, 4.69) is 40.0 Å². The maximum atomic E-state index is 11.9. The number of carbonyl (C=O) groups is 1. The Bertz CT molecular complexity index is 674. The molecule has 1 heterocycles. The van der Waals surface area contributed by atoms with Crippen LogP contribution in [0.25, 0.3) is 11.4 Å². The van der Waals surface area contributed by atoms with Crippen LogP contribution in [0.1, 0.15) is 39.7 Å². The van der Waals surface area contributed by atoms with E-state index in [1.54, 1.807) is 0 Å². The van der Waals surface area contributed by atoms with Crippen molar-refractivity contribution in [2.45, 2.75) is 45.7 Å². The highest BCUT2D eigenvalue weighted by Gasteiger charge is 2.28. The number of urea groups is 1. The Morgan fingerprint density at radius 1 is 1.22 bits per heavy atom. The largest absolute Gasteiger partial charge is 0.335 e. The average Bonchev–Trinajstić information content (AvgIpc) is 3.25. The van der Waals surface area contributed by atoms with Crippen molar-refractivity contribution in [2.75, 3.05) is 5.32 Å². The van der Waals surface area contributed by atoms with E-state index < -0.39 is 0 Å². The number of benzene rings is 1. The monoisotopic (exact) mass is 314 g/mol. The van der Waals surface area contributed by atoms with Gasteiger partial charge >= 0.3 is 6.03 Å². The minimum atomic E-state index is -0.193. The fourth-order valence-corrected chi connectivity index (χ4v) is 2.19. The first kappa shape index (κ1) is 15.5. The molecule has 2 aromatic rings. The molecule has 2 N–H and O–H groups in total. The molecule has 1 aliphatic rings. The van der Waals surface area contributed by atoms with E-state index in [0.717, 1.165) is 29.9 Å². The van der Waals surface area contributed by atoms with Gasteiger partial charge in [-0.05, 0) is 60.4 Å². The van der Waals surface area contributed by atoms with Crippen molar-refractivity contribution in [1.82, 2.24) is 25.5 Å². The molecule has 1 aliphatic carbocycles. The number of amides is 2. The summed E-state index contributed by atoms with van der Waals surface area (Å²) in [6, 6.07) is 7.93. The van der Waals surface area contributed by atoms with Crippen molar-refractivity contribution in [2.24, 2.45) is 5.92 Å². The van der Waals surface area contributed by atoms with Gasteiger partial charge in [-0.25, -0.2) is 9.48 Å². The summed E-state index contributed by atoms with van der Waals surface area (Å²) in [7, 11) is 0. The first-order valence-corrected chi connectivity index (χ1v) is 8.00. The lowest BCUT2D eigenvalue weighted by Gasteiger charge is -2.17. The molecule has 0 radical (unpaired) electrons. The van der Waals surface area contributed by atoms with Gasteiger partial charge in [-0.2, -0.15) is 0 Å². The number of hydrogen-bond donors (Lipinski definition) is 2. The summed E-state index contributed by atoms with van der Waals surface area (Å²) >= 11 is 0. The number of carbonyl (C=O) groups excluding carboxylic acids is 1. The summed E-state index contributed by atoms with van der Waals surface area (Å²) in [6.45, 7) is 6.14. The Morgan fingerprint density at radius 3 is 2.52 bits per heavy atom. The van der Waals surface area contributed by atoms with Crippen LogP contribution in [0.3, 0.4) is 0 Å². The first-order valence-electron chi connectivity index (χ1n) is 8.00. The molecule has 3 rings (SSSR count). The Labute approximate surface area is 135 Å². The van der Waals surface area contributed by atoms with Crippen molar-refractivity contribution >= 4 is 11.7 Å².